The van der Waals surface area contributed by atoms with Gasteiger partial charge in [-0.3, -0.25) is 25.0 Å². The lowest BCUT2D eigenvalue weighted by Crippen LogP contribution is -2.61. The molecule has 0 saturated carbocycles. The van der Waals surface area contributed by atoms with E-state index in [0.29, 0.717) is 4.90 Å². The highest BCUT2D eigenvalue weighted by Gasteiger charge is 2.43. The second kappa shape index (κ2) is 3.29. The highest BCUT2D eigenvalue weighted by molar-refractivity contribution is 6.17. The van der Waals surface area contributed by atoms with Crippen LogP contribution in [0, 0.1) is 0 Å². The number of nitrogens with zero attached hydrogens (tertiary/aromatic N) is 1. The second-order valence-electron chi connectivity index (χ2n) is 3.16. The Morgan fingerprint density at radius 3 is 2.25 bits per heavy atom. The molecule has 3 N–H and O–H groups in total. The van der Waals surface area contributed by atoms with Crippen LogP contribution >= 0.6 is 0 Å². The van der Waals surface area contributed by atoms with Crippen molar-refractivity contribution in [3.8, 4) is 0 Å². The van der Waals surface area contributed by atoms with Crippen molar-refractivity contribution >= 4 is 29.8 Å². The van der Waals surface area contributed by atoms with Gasteiger partial charge in [-0.1, -0.05) is 0 Å². The largest absolute Gasteiger partial charge is 0.332 e. The van der Waals surface area contributed by atoms with Gasteiger partial charge in [0.1, 0.15) is 6.42 Å². The SMILES string of the molecule is O=C1CC(=O)N(C2NC(=O)NC2=O)C(=O)N1. The summed E-state index contributed by atoms with van der Waals surface area (Å²) in [6, 6.07) is -1.82. The molecule has 2 heterocycles. The van der Waals surface area contributed by atoms with Crippen molar-refractivity contribution in [3.05, 3.63) is 0 Å². The van der Waals surface area contributed by atoms with E-state index in [-0.39, 0.29) is 0 Å². The van der Waals surface area contributed by atoms with Crippen LogP contribution in [-0.4, -0.2) is 40.8 Å². The molecule has 2 fully saturated rings. The summed E-state index contributed by atoms with van der Waals surface area (Å²) in [7, 11) is 0. The Labute approximate surface area is 88.1 Å². The monoisotopic (exact) mass is 226 g/mol. The number of hydrogen-bond acceptors (Lipinski definition) is 5. The number of barbiturate groups is 1. The number of hydrogen-bond donors (Lipinski definition) is 3. The van der Waals surface area contributed by atoms with Crippen LogP contribution in [0.25, 0.3) is 0 Å². The summed E-state index contributed by atoms with van der Waals surface area (Å²) in [5, 5.41) is 5.82. The topological polar surface area (TPSA) is 125 Å². The van der Waals surface area contributed by atoms with E-state index < -0.39 is 42.4 Å². The Morgan fingerprint density at radius 1 is 1.06 bits per heavy atom. The minimum absolute atomic E-state index is 0.502. The molecule has 9 heteroatoms. The Bertz CT molecular complexity index is 410. The van der Waals surface area contributed by atoms with Gasteiger partial charge in [0.15, 0.2) is 6.17 Å². The highest BCUT2D eigenvalue weighted by atomic mass is 16.2. The van der Waals surface area contributed by atoms with Gasteiger partial charge in [-0.2, -0.15) is 0 Å². The molecule has 84 valence electrons. The maximum atomic E-state index is 11.4. The average molecular weight is 226 g/mol. The third-order valence-corrected chi connectivity index (χ3v) is 2.06. The van der Waals surface area contributed by atoms with Crippen LogP contribution in [0.1, 0.15) is 6.42 Å². The van der Waals surface area contributed by atoms with E-state index in [0.717, 1.165) is 0 Å². The molecule has 0 aromatic heterocycles. The Hall–Kier alpha value is -2.45. The standard InChI is InChI=1S/C7H6N4O5/c12-2-1-3(13)11(7(16)8-2)4-5(14)10-6(15)9-4/h4H,1H2,(H,8,12,16)(H2,9,10,14,15). The minimum Gasteiger partial charge on any atom is -0.309 e. The molecule has 1 unspecified atom stereocenters. The average Bonchev–Trinajstić information content (AvgIpc) is 2.43. The lowest BCUT2D eigenvalue weighted by atomic mass is 10.2. The highest BCUT2D eigenvalue weighted by Crippen LogP contribution is 2.09. The molecule has 16 heavy (non-hydrogen) atoms. The molecule has 2 aliphatic heterocycles. The zero-order valence-corrected chi connectivity index (χ0v) is 7.77. The predicted octanol–water partition coefficient (Wildman–Crippen LogP) is -2.38. The zero-order valence-electron chi connectivity index (χ0n) is 7.77. The molecule has 2 aliphatic rings. The van der Waals surface area contributed by atoms with Crippen molar-refractivity contribution in [1.82, 2.24) is 20.9 Å². The minimum atomic E-state index is -1.40. The number of carbonyl (C=O) groups excluding carboxylic acids is 5. The lowest BCUT2D eigenvalue weighted by molar-refractivity contribution is -0.141. The van der Waals surface area contributed by atoms with Gasteiger partial charge in [-0.05, 0) is 0 Å². The lowest BCUT2D eigenvalue weighted by Gasteiger charge is -2.27. The molecule has 9 nitrogen and oxygen atoms in total. The van der Waals surface area contributed by atoms with Crippen LogP contribution in [0.4, 0.5) is 9.59 Å². The first-order valence-electron chi connectivity index (χ1n) is 4.26. The molecule has 0 bridgehead atoms. The van der Waals surface area contributed by atoms with E-state index in [1.54, 1.807) is 0 Å². The van der Waals surface area contributed by atoms with Crippen LogP contribution in [-0.2, 0) is 14.4 Å². The summed E-state index contributed by atoms with van der Waals surface area (Å²) in [6.45, 7) is 0. The maximum absolute atomic E-state index is 11.4. The van der Waals surface area contributed by atoms with E-state index in [2.05, 4.69) is 5.32 Å². The van der Waals surface area contributed by atoms with Crippen molar-refractivity contribution in [2.45, 2.75) is 12.6 Å². The maximum Gasteiger partial charge on any atom is 0.332 e. The summed E-state index contributed by atoms with van der Waals surface area (Å²) in [5.74, 6) is -2.39. The van der Waals surface area contributed by atoms with Gasteiger partial charge in [0.2, 0.25) is 11.8 Å². The zero-order chi connectivity index (χ0) is 11.9. The van der Waals surface area contributed by atoms with E-state index in [1.807, 2.05) is 10.6 Å². The number of rotatable bonds is 1. The second-order valence-corrected chi connectivity index (χ2v) is 3.16. The van der Waals surface area contributed by atoms with Crippen molar-refractivity contribution in [2.24, 2.45) is 0 Å². The van der Waals surface area contributed by atoms with Crippen molar-refractivity contribution in [2.75, 3.05) is 0 Å². The van der Waals surface area contributed by atoms with E-state index >= 15 is 0 Å². The Morgan fingerprint density at radius 2 is 1.75 bits per heavy atom. The molecule has 0 spiro atoms. The summed E-state index contributed by atoms with van der Waals surface area (Å²) in [5.41, 5.74) is 0. The summed E-state index contributed by atoms with van der Waals surface area (Å²) >= 11 is 0. The molecule has 0 aromatic carbocycles. The summed E-state index contributed by atoms with van der Waals surface area (Å²) in [6.07, 6.45) is -1.93. The number of imide groups is 3. The number of nitrogens with one attached hydrogen (secondary N) is 3. The van der Waals surface area contributed by atoms with Crippen LogP contribution in [0.2, 0.25) is 0 Å². The quantitative estimate of drug-likeness (QED) is 0.340. The van der Waals surface area contributed by atoms with E-state index in [9.17, 15) is 24.0 Å². The van der Waals surface area contributed by atoms with Gasteiger partial charge in [-0.15, -0.1) is 0 Å². The molecule has 7 amide bonds. The fourth-order valence-electron chi connectivity index (χ4n) is 1.41. The van der Waals surface area contributed by atoms with Gasteiger partial charge < -0.3 is 5.32 Å². The first kappa shape index (κ1) is 10.1. The summed E-state index contributed by atoms with van der Waals surface area (Å²) in [4.78, 5) is 56.0. The predicted molar refractivity (Wildman–Crippen MR) is 45.5 cm³/mol. The van der Waals surface area contributed by atoms with Crippen LogP contribution in [0.3, 0.4) is 0 Å². The first-order valence-corrected chi connectivity index (χ1v) is 4.26. The van der Waals surface area contributed by atoms with Crippen molar-refractivity contribution < 1.29 is 24.0 Å². The van der Waals surface area contributed by atoms with Crippen LogP contribution in [0.5, 0.6) is 0 Å². The third-order valence-electron chi connectivity index (χ3n) is 2.06. The fraction of sp³-hybridized carbons (Fsp3) is 0.286. The normalized spacial score (nSPS) is 25.4. The van der Waals surface area contributed by atoms with E-state index in [4.69, 9.17) is 0 Å². The molecule has 0 aliphatic carbocycles. The molecule has 0 aromatic rings. The van der Waals surface area contributed by atoms with Crippen LogP contribution in [0.15, 0.2) is 0 Å². The first-order chi connectivity index (χ1) is 7.49. The third kappa shape index (κ3) is 1.47. The molecule has 2 rings (SSSR count). The van der Waals surface area contributed by atoms with Gasteiger partial charge in [-0.25, -0.2) is 14.5 Å². The molecular weight excluding hydrogens is 220 g/mol. The van der Waals surface area contributed by atoms with Gasteiger partial charge in [0, 0.05) is 0 Å². The summed E-state index contributed by atoms with van der Waals surface area (Å²) < 4.78 is 0. The van der Waals surface area contributed by atoms with Gasteiger partial charge in [0.25, 0.3) is 5.91 Å². The molecule has 2 saturated heterocycles. The Kier molecular flexibility index (Phi) is 2.07. The Balaban J connectivity index is 2.23. The van der Waals surface area contributed by atoms with Crippen LogP contribution < -0.4 is 16.0 Å². The fourth-order valence-corrected chi connectivity index (χ4v) is 1.41. The number of carbonyl (C=O) groups is 5. The molecular formula is C7H6N4O5. The van der Waals surface area contributed by atoms with E-state index in [1.165, 1.54) is 0 Å². The number of amides is 7. The molecule has 0 radical (unpaired) electrons. The van der Waals surface area contributed by atoms with Gasteiger partial charge >= 0.3 is 12.1 Å². The van der Waals surface area contributed by atoms with Gasteiger partial charge in [0.05, 0.1) is 0 Å². The smallest absolute Gasteiger partial charge is 0.309 e. The number of urea groups is 2. The van der Waals surface area contributed by atoms with Crippen molar-refractivity contribution in [3.63, 3.8) is 0 Å². The molecule has 1 atom stereocenters. The van der Waals surface area contributed by atoms with Crippen molar-refractivity contribution in [1.29, 1.82) is 0 Å².